The second kappa shape index (κ2) is 5.62. The third kappa shape index (κ3) is 2.91. The van der Waals surface area contributed by atoms with Gasteiger partial charge in [-0.05, 0) is 47.9 Å². The molecule has 104 valence electrons. The molecule has 0 bridgehead atoms. The minimum absolute atomic E-state index is 0.178. The van der Waals surface area contributed by atoms with E-state index in [9.17, 15) is 0 Å². The van der Waals surface area contributed by atoms with Crippen molar-refractivity contribution in [3.05, 3.63) is 63.6 Å². The van der Waals surface area contributed by atoms with Crippen LogP contribution in [0.25, 0.3) is 0 Å². The van der Waals surface area contributed by atoms with Gasteiger partial charge >= 0.3 is 0 Å². The molecule has 2 unspecified atom stereocenters. The van der Waals surface area contributed by atoms with Crippen LogP contribution >= 0.6 is 23.2 Å². The molecule has 1 fully saturated rings. The van der Waals surface area contributed by atoms with Crippen molar-refractivity contribution >= 4 is 28.9 Å². The molecule has 0 aliphatic carbocycles. The Kier molecular flexibility index (Phi) is 3.85. The van der Waals surface area contributed by atoms with Crippen molar-refractivity contribution < 1.29 is 0 Å². The Morgan fingerprint density at radius 2 is 1.55 bits per heavy atom. The van der Waals surface area contributed by atoms with Crippen LogP contribution < -0.4 is 16.6 Å². The minimum atomic E-state index is 0.178. The van der Waals surface area contributed by atoms with E-state index >= 15 is 0 Å². The van der Waals surface area contributed by atoms with Crippen LogP contribution in [0.4, 0.5) is 5.69 Å². The topological polar surface area (TPSA) is 50.1 Å². The molecule has 0 saturated carbocycles. The van der Waals surface area contributed by atoms with E-state index in [2.05, 4.69) is 16.9 Å². The maximum atomic E-state index is 6.05. The van der Waals surface area contributed by atoms with E-state index < -0.39 is 0 Å². The summed E-state index contributed by atoms with van der Waals surface area (Å²) in [6, 6.07) is 13.9. The van der Waals surface area contributed by atoms with Crippen molar-refractivity contribution in [2.75, 3.05) is 5.73 Å². The van der Waals surface area contributed by atoms with Gasteiger partial charge in [0.2, 0.25) is 0 Å². The zero-order chi connectivity index (χ0) is 14.1. The van der Waals surface area contributed by atoms with Crippen LogP contribution in [0, 0.1) is 0 Å². The third-order valence-electron chi connectivity index (χ3n) is 3.50. The number of hydrogen-bond acceptors (Lipinski definition) is 3. The molecule has 20 heavy (non-hydrogen) atoms. The van der Waals surface area contributed by atoms with Crippen molar-refractivity contribution in [1.29, 1.82) is 0 Å². The molecule has 0 radical (unpaired) electrons. The van der Waals surface area contributed by atoms with Gasteiger partial charge in [0.1, 0.15) is 0 Å². The first-order valence-corrected chi connectivity index (χ1v) is 7.20. The van der Waals surface area contributed by atoms with E-state index in [-0.39, 0.29) is 12.1 Å². The molecule has 1 saturated heterocycles. The summed E-state index contributed by atoms with van der Waals surface area (Å²) in [4.78, 5) is 0. The monoisotopic (exact) mass is 307 g/mol. The Balaban J connectivity index is 1.79. The van der Waals surface area contributed by atoms with E-state index in [4.69, 9.17) is 28.9 Å². The van der Waals surface area contributed by atoms with Crippen molar-refractivity contribution in [3.8, 4) is 0 Å². The molecule has 3 nitrogen and oxygen atoms in total. The lowest BCUT2D eigenvalue weighted by Gasteiger charge is -2.11. The van der Waals surface area contributed by atoms with Gasteiger partial charge in [-0.25, -0.2) is 10.9 Å². The molecule has 1 heterocycles. The molecule has 1 aliphatic heterocycles. The Morgan fingerprint density at radius 1 is 0.900 bits per heavy atom. The lowest BCUT2D eigenvalue weighted by molar-refractivity contribution is 0.555. The van der Waals surface area contributed by atoms with Crippen molar-refractivity contribution in [3.63, 3.8) is 0 Å². The van der Waals surface area contributed by atoms with Gasteiger partial charge in [-0.15, -0.1) is 0 Å². The fraction of sp³-hybridized carbons (Fsp3) is 0.200. The summed E-state index contributed by atoms with van der Waals surface area (Å²) in [5, 5.41) is 1.31. The Labute approximate surface area is 128 Å². The molecular weight excluding hydrogens is 293 g/mol. The summed E-state index contributed by atoms with van der Waals surface area (Å²) in [7, 11) is 0. The average Bonchev–Trinajstić information content (AvgIpc) is 2.87. The lowest BCUT2D eigenvalue weighted by atomic mass is 9.97. The highest BCUT2D eigenvalue weighted by Crippen LogP contribution is 2.33. The number of rotatable bonds is 2. The first-order chi connectivity index (χ1) is 9.61. The molecule has 5 heteroatoms. The van der Waals surface area contributed by atoms with E-state index in [1.807, 2.05) is 30.3 Å². The Hall–Kier alpha value is -1.26. The van der Waals surface area contributed by atoms with Crippen LogP contribution in [-0.4, -0.2) is 0 Å². The zero-order valence-electron chi connectivity index (χ0n) is 10.7. The van der Waals surface area contributed by atoms with Crippen LogP contribution in [0.15, 0.2) is 42.5 Å². The predicted octanol–water partition coefficient (Wildman–Crippen LogP) is 3.86. The first-order valence-electron chi connectivity index (χ1n) is 6.44. The van der Waals surface area contributed by atoms with Crippen LogP contribution in [0.1, 0.15) is 29.6 Å². The number of halogens is 2. The van der Waals surface area contributed by atoms with E-state index in [0.717, 1.165) is 17.7 Å². The SMILES string of the molecule is Nc1cccc(C2CC(c3cc(Cl)cc(Cl)c3)NN2)c1. The van der Waals surface area contributed by atoms with E-state index in [0.29, 0.717) is 10.0 Å². The molecule has 2 aromatic carbocycles. The van der Waals surface area contributed by atoms with Gasteiger partial charge in [0.25, 0.3) is 0 Å². The second-order valence-electron chi connectivity index (χ2n) is 5.00. The second-order valence-corrected chi connectivity index (χ2v) is 5.88. The summed E-state index contributed by atoms with van der Waals surface area (Å²) >= 11 is 12.1. The number of hydrogen-bond donors (Lipinski definition) is 3. The van der Waals surface area contributed by atoms with Gasteiger partial charge in [-0.2, -0.15) is 0 Å². The zero-order valence-corrected chi connectivity index (χ0v) is 12.2. The normalized spacial score (nSPS) is 22.1. The molecule has 0 amide bonds. The maximum Gasteiger partial charge on any atom is 0.0482 e. The smallest absolute Gasteiger partial charge is 0.0482 e. The third-order valence-corrected chi connectivity index (χ3v) is 3.94. The predicted molar refractivity (Wildman–Crippen MR) is 83.7 cm³/mol. The van der Waals surface area contributed by atoms with Gasteiger partial charge in [0.15, 0.2) is 0 Å². The van der Waals surface area contributed by atoms with Gasteiger partial charge in [-0.1, -0.05) is 35.3 Å². The standard InChI is InChI=1S/C15H15Cl2N3/c16-11-4-10(5-12(17)7-11)15-8-14(19-20-15)9-2-1-3-13(18)6-9/h1-7,14-15,19-20H,8,18H2. The summed E-state index contributed by atoms with van der Waals surface area (Å²) in [6.07, 6.45) is 0.917. The van der Waals surface area contributed by atoms with Crippen LogP contribution in [0.2, 0.25) is 10.0 Å². The minimum Gasteiger partial charge on any atom is -0.399 e. The van der Waals surface area contributed by atoms with Crippen LogP contribution in [0.5, 0.6) is 0 Å². The largest absolute Gasteiger partial charge is 0.399 e. The van der Waals surface area contributed by atoms with Crippen molar-refractivity contribution in [1.82, 2.24) is 10.9 Å². The van der Waals surface area contributed by atoms with Gasteiger partial charge in [-0.3, -0.25) is 0 Å². The van der Waals surface area contributed by atoms with E-state index in [1.165, 1.54) is 5.56 Å². The molecule has 2 atom stereocenters. The van der Waals surface area contributed by atoms with Gasteiger partial charge in [0.05, 0.1) is 0 Å². The highest BCUT2D eigenvalue weighted by molar-refractivity contribution is 6.34. The number of benzene rings is 2. The first kappa shape index (κ1) is 13.7. The highest BCUT2D eigenvalue weighted by atomic mass is 35.5. The summed E-state index contributed by atoms with van der Waals surface area (Å²) in [6.45, 7) is 0. The van der Waals surface area contributed by atoms with Gasteiger partial charge < -0.3 is 5.73 Å². The fourth-order valence-electron chi connectivity index (χ4n) is 2.55. The highest BCUT2D eigenvalue weighted by Gasteiger charge is 2.26. The number of nitrogens with one attached hydrogen (secondary N) is 2. The van der Waals surface area contributed by atoms with Crippen molar-refractivity contribution in [2.45, 2.75) is 18.5 Å². The number of hydrazine groups is 1. The Morgan fingerprint density at radius 3 is 2.20 bits per heavy atom. The molecular formula is C15H15Cl2N3. The average molecular weight is 308 g/mol. The molecule has 4 N–H and O–H groups in total. The molecule has 1 aliphatic rings. The van der Waals surface area contributed by atoms with E-state index in [1.54, 1.807) is 6.07 Å². The van der Waals surface area contributed by atoms with Gasteiger partial charge in [0, 0.05) is 27.8 Å². The summed E-state index contributed by atoms with van der Waals surface area (Å²) in [5.41, 5.74) is 15.4. The van der Waals surface area contributed by atoms with Crippen LogP contribution in [-0.2, 0) is 0 Å². The number of anilines is 1. The maximum absolute atomic E-state index is 6.05. The van der Waals surface area contributed by atoms with Crippen LogP contribution in [0.3, 0.4) is 0 Å². The number of nitrogen functional groups attached to an aromatic ring is 1. The lowest BCUT2D eigenvalue weighted by Crippen LogP contribution is -2.26. The quantitative estimate of drug-likeness (QED) is 0.739. The molecule has 0 aromatic heterocycles. The summed E-state index contributed by atoms with van der Waals surface area (Å²) < 4.78 is 0. The summed E-state index contributed by atoms with van der Waals surface area (Å²) in [5.74, 6) is 0. The molecule has 2 aromatic rings. The van der Waals surface area contributed by atoms with Crippen molar-refractivity contribution in [2.24, 2.45) is 0 Å². The number of nitrogens with two attached hydrogens (primary N) is 1. The Bertz CT molecular complexity index is 610. The fourth-order valence-corrected chi connectivity index (χ4v) is 3.09. The molecule has 0 spiro atoms. The molecule has 3 rings (SSSR count).